The molecule has 0 aliphatic carbocycles. The number of fused-ring (bicyclic) bond motifs is 1. The van der Waals surface area contributed by atoms with E-state index in [4.69, 9.17) is 0 Å². The summed E-state index contributed by atoms with van der Waals surface area (Å²) in [6.45, 7) is 2.05. The normalized spacial score (nSPS) is 10.9. The molecular formula is C8H6Br2N2. The van der Waals surface area contributed by atoms with E-state index in [9.17, 15) is 0 Å². The van der Waals surface area contributed by atoms with Crippen LogP contribution in [0.1, 0.15) is 5.56 Å². The summed E-state index contributed by atoms with van der Waals surface area (Å²) in [4.78, 5) is 0. The van der Waals surface area contributed by atoms with Gasteiger partial charge in [-0.3, -0.25) is 5.10 Å². The van der Waals surface area contributed by atoms with Gasteiger partial charge in [-0.1, -0.05) is 15.9 Å². The van der Waals surface area contributed by atoms with Crippen molar-refractivity contribution < 1.29 is 0 Å². The van der Waals surface area contributed by atoms with Crippen molar-refractivity contribution in [1.29, 1.82) is 0 Å². The molecule has 0 saturated carbocycles. The fourth-order valence-electron chi connectivity index (χ4n) is 1.17. The molecule has 0 radical (unpaired) electrons. The number of H-pyrrole nitrogens is 1. The molecule has 0 atom stereocenters. The highest BCUT2D eigenvalue weighted by atomic mass is 79.9. The van der Waals surface area contributed by atoms with Crippen molar-refractivity contribution in [2.75, 3.05) is 0 Å². The van der Waals surface area contributed by atoms with Crippen LogP contribution in [0.2, 0.25) is 0 Å². The van der Waals surface area contributed by atoms with Crippen molar-refractivity contribution in [3.8, 4) is 0 Å². The number of hydrogen-bond donors (Lipinski definition) is 1. The molecule has 4 heteroatoms. The first-order valence-electron chi connectivity index (χ1n) is 3.48. The van der Waals surface area contributed by atoms with Crippen molar-refractivity contribution in [1.82, 2.24) is 10.2 Å². The molecule has 0 aliphatic rings. The predicted molar refractivity (Wildman–Crippen MR) is 56.2 cm³/mol. The Hall–Kier alpha value is -0.350. The number of nitrogens with zero attached hydrogens (tertiary/aromatic N) is 1. The SMILES string of the molecule is Cc1c(Br)cc(Br)c2cn[nH]c12. The lowest BCUT2D eigenvalue weighted by Gasteiger charge is -2.00. The topological polar surface area (TPSA) is 28.7 Å². The molecule has 0 bridgehead atoms. The molecule has 2 nitrogen and oxygen atoms in total. The highest BCUT2D eigenvalue weighted by Crippen LogP contribution is 2.30. The molecule has 1 heterocycles. The quantitative estimate of drug-likeness (QED) is 0.791. The van der Waals surface area contributed by atoms with Gasteiger partial charge in [0.05, 0.1) is 11.7 Å². The lowest BCUT2D eigenvalue weighted by atomic mass is 10.2. The Balaban J connectivity index is 2.97. The fourth-order valence-corrected chi connectivity index (χ4v) is 2.43. The zero-order valence-electron chi connectivity index (χ0n) is 6.36. The summed E-state index contributed by atoms with van der Waals surface area (Å²) in [6, 6.07) is 2.03. The lowest BCUT2D eigenvalue weighted by Crippen LogP contribution is -1.80. The van der Waals surface area contributed by atoms with Gasteiger partial charge in [0.1, 0.15) is 0 Å². The van der Waals surface area contributed by atoms with E-state index in [1.165, 1.54) is 5.56 Å². The fraction of sp³-hybridized carbons (Fsp3) is 0.125. The largest absolute Gasteiger partial charge is 0.277 e. The maximum atomic E-state index is 3.99. The van der Waals surface area contributed by atoms with E-state index in [1.54, 1.807) is 0 Å². The number of aromatic nitrogens is 2. The van der Waals surface area contributed by atoms with Gasteiger partial charge in [-0.25, -0.2) is 0 Å². The summed E-state index contributed by atoms with van der Waals surface area (Å²) in [5.41, 5.74) is 2.27. The third-order valence-corrected chi connectivity index (χ3v) is 3.36. The summed E-state index contributed by atoms with van der Waals surface area (Å²) in [6.07, 6.45) is 1.82. The van der Waals surface area contributed by atoms with Gasteiger partial charge in [0.15, 0.2) is 0 Å². The van der Waals surface area contributed by atoms with Gasteiger partial charge in [0, 0.05) is 14.3 Å². The Bertz CT molecular complexity index is 434. The van der Waals surface area contributed by atoms with Gasteiger partial charge < -0.3 is 0 Å². The van der Waals surface area contributed by atoms with E-state index in [0.29, 0.717) is 0 Å². The molecule has 1 aromatic carbocycles. The Kier molecular flexibility index (Phi) is 1.96. The molecule has 0 unspecified atom stereocenters. The van der Waals surface area contributed by atoms with Crippen LogP contribution in [0.4, 0.5) is 0 Å². The van der Waals surface area contributed by atoms with Gasteiger partial charge >= 0.3 is 0 Å². The van der Waals surface area contributed by atoms with Gasteiger partial charge in [-0.15, -0.1) is 0 Å². The van der Waals surface area contributed by atoms with Gasteiger partial charge in [-0.2, -0.15) is 5.10 Å². The Morgan fingerprint density at radius 3 is 2.83 bits per heavy atom. The molecule has 2 aromatic rings. The summed E-state index contributed by atoms with van der Waals surface area (Å²) >= 11 is 6.95. The van der Waals surface area contributed by atoms with E-state index in [1.807, 2.05) is 12.3 Å². The molecule has 12 heavy (non-hydrogen) atoms. The van der Waals surface area contributed by atoms with Crippen LogP contribution in [0.3, 0.4) is 0 Å². The highest BCUT2D eigenvalue weighted by molar-refractivity contribution is 9.11. The number of halogens is 2. The number of aryl methyl sites for hydroxylation is 1. The van der Waals surface area contributed by atoms with Crippen molar-refractivity contribution in [3.63, 3.8) is 0 Å². The molecular weight excluding hydrogens is 284 g/mol. The summed E-state index contributed by atoms with van der Waals surface area (Å²) in [5, 5.41) is 8.07. The monoisotopic (exact) mass is 288 g/mol. The Morgan fingerprint density at radius 1 is 1.33 bits per heavy atom. The second kappa shape index (κ2) is 2.85. The van der Waals surface area contributed by atoms with Crippen LogP contribution in [0.25, 0.3) is 10.9 Å². The van der Waals surface area contributed by atoms with Crippen molar-refractivity contribution in [2.24, 2.45) is 0 Å². The van der Waals surface area contributed by atoms with E-state index < -0.39 is 0 Å². The van der Waals surface area contributed by atoms with E-state index in [2.05, 4.69) is 49.0 Å². The highest BCUT2D eigenvalue weighted by Gasteiger charge is 2.06. The van der Waals surface area contributed by atoms with Crippen LogP contribution in [-0.2, 0) is 0 Å². The number of aromatic amines is 1. The van der Waals surface area contributed by atoms with Gasteiger partial charge in [0.25, 0.3) is 0 Å². The summed E-state index contributed by atoms with van der Waals surface area (Å²) in [7, 11) is 0. The van der Waals surface area contributed by atoms with Crippen molar-refractivity contribution >= 4 is 42.8 Å². The molecule has 0 fully saturated rings. The van der Waals surface area contributed by atoms with Crippen LogP contribution >= 0.6 is 31.9 Å². The van der Waals surface area contributed by atoms with Gasteiger partial charge in [0.2, 0.25) is 0 Å². The van der Waals surface area contributed by atoms with E-state index in [-0.39, 0.29) is 0 Å². The third kappa shape index (κ3) is 1.10. The first-order valence-corrected chi connectivity index (χ1v) is 5.06. The minimum atomic E-state index is 1.06. The van der Waals surface area contributed by atoms with Crippen LogP contribution in [0, 0.1) is 6.92 Å². The molecule has 0 aliphatic heterocycles. The Labute approximate surface area is 86.6 Å². The number of benzene rings is 1. The minimum absolute atomic E-state index is 1.06. The van der Waals surface area contributed by atoms with E-state index >= 15 is 0 Å². The zero-order chi connectivity index (χ0) is 8.72. The van der Waals surface area contributed by atoms with Crippen LogP contribution in [0.15, 0.2) is 21.2 Å². The molecule has 0 amide bonds. The number of rotatable bonds is 0. The van der Waals surface area contributed by atoms with Gasteiger partial charge in [-0.05, 0) is 34.5 Å². The molecule has 1 N–H and O–H groups in total. The Morgan fingerprint density at radius 2 is 2.08 bits per heavy atom. The third-order valence-electron chi connectivity index (χ3n) is 1.88. The second-order valence-electron chi connectivity index (χ2n) is 2.62. The zero-order valence-corrected chi connectivity index (χ0v) is 9.53. The average Bonchev–Trinajstić information content (AvgIpc) is 2.48. The second-order valence-corrected chi connectivity index (χ2v) is 4.33. The summed E-state index contributed by atoms with van der Waals surface area (Å²) in [5.74, 6) is 0. The first kappa shape index (κ1) is 8.26. The van der Waals surface area contributed by atoms with Crippen LogP contribution in [0.5, 0.6) is 0 Å². The molecule has 2 rings (SSSR count). The predicted octanol–water partition coefficient (Wildman–Crippen LogP) is 3.40. The maximum Gasteiger partial charge on any atom is 0.0702 e. The van der Waals surface area contributed by atoms with E-state index in [0.717, 1.165) is 19.8 Å². The lowest BCUT2D eigenvalue weighted by molar-refractivity contribution is 1.11. The number of hydrogen-bond acceptors (Lipinski definition) is 1. The molecule has 1 aromatic heterocycles. The van der Waals surface area contributed by atoms with Crippen molar-refractivity contribution in [3.05, 3.63) is 26.8 Å². The smallest absolute Gasteiger partial charge is 0.0702 e. The van der Waals surface area contributed by atoms with Crippen LogP contribution in [-0.4, -0.2) is 10.2 Å². The van der Waals surface area contributed by atoms with Crippen molar-refractivity contribution in [2.45, 2.75) is 6.92 Å². The average molecular weight is 290 g/mol. The standard InChI is InChI=1S/C8H6Br2N2/c1-4-6(9)2-7(10)5-3-11-12-8(4)5/h2-3H,1H3,(H,11,12). The molecule has 0 saturated heterocycles. The molecule has 62 valence electrons. The number of nitrogens with one attached hydrogen (secondary N) is 1. The summed E-state index contributed by atoms with van der Waals surface area (Å²) < 4.78 is 2.15. The van der Waals surface area contributed by atoms with Crippen LogP contribution < -0.4 is 0 Å². The maximum absolute atomic E-state index is 3.99. The first-order chi connectivity index (χ1) is 5.70. The minimum Gasteiger partial charge on any atom is -0.277 e. The molecule has 0 spiro atoms.